The van der Waals surface area contributed by atoms with Crippen LogP contribution in [0.25, 0.3) is 0 Å². The fourth-order valence-electron chi connectivity index (χ4n) is 3.86. The molecule has 0 aliphatic heterocycles. The second-order valence-corrected chi connectivity index (χ2v) is 22.8. The van der Waals surface area contributed by atoms with E-state index in [2.05, 4.69) is 118 Å². The molecule has 3 atom stereocenters. The van der Waals surface area contributed by atoms with E-state index in [1.807, 2.05) is 12.1 Å². The minimum atomic E-state index is -2.77. The standard InChI is InChI=1S/C24H34O3Si4/c1-28(22-16-10-7-11-17-22)25-30(5,23-18-12-8-13-19-23)27-31(6,26-29(2,3)4)24-20-14-9-15-21-24/h7-21,28H,1-6H3. The van der Waals surface area contributed by atoms with Crippen LogP contribution in [0.5, 0.6) is 0 Å². The molecule has 0 fully saturated rings. The topological polar surface area (TPSA) is 27.7 Å². The van der Waals surface area contributed by atoms with Crippen LogP contribution in [-0.4, -0.2) is 34.5 Å². The maximum atomic E-state index is 7.17. The lowest BCUT2D eigenvalue weighted by Crippen LogP contribution is -2.67. The van der Waals surface area contributed by atoms with Crippen LogP contribution in [-0.2, 0) is 12.3 Å². The minimum Gasteiger partial charge on any atom is -0.433 e. The summed E-state index contributed by atoms with van der Waals surface area (Å²) in [6.07, 6.45) is 0. The van der Waals surface area contributed by atoms with E-state index < -0.39 is 34.5 Å². The second kappa shape index (κ2) is 9.91. The third kappa shape index (κ3) is 6.45. The molecule has 0 aliphatic carbocycles. The zero-order chi connectivity index (χ0) is 22.5. The molecule has 0 aromatic heterocycles. The van der Waals surface area contributed by atoms with Crippen LogP contribution in [0.2, 0.25) is 39.3 Å². The van der Waals surface area contributed by atoms with Crippen LogP contribution in [0, 0.1) is 0 Å². The smallest absolute Gasteiger partial charge is 0.350 e. The summed E-state index contributed by atoms with van der Waals surface area (Å²) in [5, 5.41) is 3.60. The summed E-state index contributed by atoms with van der Waals surface area (Å²) in [5.41, 5.74) is 0. The monoisotopic (exact) mass is 482 g/mol. The van der Waals surface area contributed by atoms with E-state index in [0.29, 0.717) is 0 Å². The Balaban J connectivity index is 2.03. The summed E-state index contributed by atoms with van der Waals surface area (Å²) in [6, 6.07) is 31.5. The van der Waals surface area contributed by atoms with Crippen LogP contribution >= 0.6 is 0 Å². The predicted molar refractivity (Wildman–Crippen MR) is 141 cm³/mol. The third-order valence-corrected chi connectivity index (χ3v) is 19.6. The van der Waals surface area contributed by atoms with E-state index in [4.69, 9.17) is 12.3 Å². The van der Waals surface area contributed by atoms with Gasteiger partial charge in [0.05, 0.1) is 0 Å². The maximum absolute atomic E-state index is 7.17. The van der Waals surface area contributed by atoms with E-state index in [1.54, 1.807) is 0 Å². The van der Waals surface area contributed by atoms with Crippen molar-refractivity contribution in [1.82, 2.24) is 0 Å². The first-order valence-corrected chi connectivity index (χ1v) is 21.1. The highest BCUT2D eigenvalue weighted by Crippen LogP contribution is 2.22. The van der Waals surface area contributed by atoms with Crippen molar-refractivity contribution in [2.75, 3.05) is 0 Å². The molecule has 3 aromatic rings. The molecule has 0 heterocycles. The predicted octanol–water partition coefficient (Wildman–Crippen LogP) is 4.09. The van der Waals surface area contributed by atoms with Gasteiger partial charge < -0.3 is 12.3 Å². The van der Waals surface area contributed by atoms with Gasteiger partial charge in [-0.2, -0.15) is 0 Å². The van der Waals surface area contributed by atoms with E-state index in [1.165, 1.54) is 5.19 Å². The Kier molecular flexibility index (Phi) is 7.69. The molecular formula is C24H34O3Si4. The van der Waals surface area contributed by atoms with E-state index in [9.17, 15) is 0 Å². The fourth-order valence-corrected chi connectivity index (χ4v) is 20.2. The van der Waals surface area contributed by atoms with Gasteiger partial charge in [-0.1, -0.05) is 91.0 Å². The largest absolute Gasteiger partial charge is 0.433 e. The van der Waals surface area contributed by atoms with Gasteiger partial charge in [0, 0.05) is 0 Å². The van der Waals surface area contributed by atoms with Crippen molar-refractivity contribution in [3.05, 3.63) is 91.0 Å². The first-order valence-electron chi connectivity index (χ1n) is 10.9. The first-order chi connectivity index (χ1) is 14.6. The van der Waals surface area contributed by atoms with Gasteiger partial charge >= 0.3 is 17.1 Å². The zero-order valence-corrected chi connectivity index (χ0v) is 23.6. The van der Waals surface area contributed by atoms with Crippen molar-refractivity contribution in [3.63, 3.8) is 0 Å². The van der Waals surface area contributed by atoms with Crippen LogP contribution < -0.4 is 15.6 Å². The maximum Gasteiger partial charge on any atom is 0.350 e. The molecule has 0 saturated carbocycles. The molecule has 3 rings (SSSR count). The van der Waals surface area contributed by atoms with Crippen LogP contribution in [0.3, 0.4) is 0 Å². The minimum absolute atomic E-state index is 1.15. The molecule has 3 nitrogen and oxygen atoms in total. The average Bonchev–Trinajstić information content (AvgIpc) is 2.74. The van der Waals surface area contributed by atoms with E-state index >= 15 is 0 Å². The Morgan fingerprint density at radius 3 is 1.42 bits per heavy atom. The van der Waals surface area contributed by atoms with Gasteiger partial charge in [-0.05, 0) is 54.8 Å². The number of rotatable bonds is 9. The highest BCUT2D eigenvalue weighted by atomic mass is 28.5. The quantitative estimate of drug-likeness (QED) is 0.430. The summed E-state index contributed by atoms with van der Waals surface area (Å²) in [6.45, 7) is 13.3. The van der Waals surface area contributed by atoms with Crippen molar-refractivity contribution in [1.29, 1.82) is 0 Å². The Bertz CT molecular complexity index is 951. The highest BCUT2D eigenvalue weighted by Gasteiger charge is 2.48. The SMILES string of the molecule is C[SiH](O[Si](C)(O[Si](C)(O[Si](C)(C)C)c1ccccc1)c1ccccc1)c1ccccc1. The molecule has 164 valence electrons. The summed E-state index contributed by atoms with van der Waals surface area (Å²) >= 11 is 0. The molecule has 31 heavy (non-hydrogen) atoms. The number of hydrogen-bond acceptors (Lipinski definition) is 3. The van der Waals surface area contributed by atoms with Crippen LogP contribution in [0.15, 0.2) is 91.0 Å². The van der Waals surface area contributed by atoms with Gasteiger partial charge in [0.15, 0.2) is 17.4 Å². The third-order valence-electron chi connectivity index (χ3n) is 5.16. The Hall–Kier alpha value is -1.59. The molecule has 0 spiro atoms. The van der Waals surface area contributed by atoms with Crippen molar-refractivity contribution in [2.24, 2.45) is 0 Å². The zero-order valence-electron chi connectivity index (χ0n) is 19.5. The lowest BCUT2D eigenvalue weighted by atomic mass is 10.4. The molecule has 0 aliphatic rings. The van der Waals surface area contributed by atoms with Gasteiger partial charge in [0.2, 0.25) is 0 Å². The number of hydrogen-bond donors (Lipinski definition) is 0. The van der Waals surface area contributed by atoms with Gasteiger partial charge in [0.25, 0.3) is 0 Å². The van der Waals surface area contributed by atoms with Gasteiger partial charge in [0.1, 0.15) is 0 Å². The molecule has 0 N–H and O–H groups in total. The lowest BCUT2D eigenvalue weighted by Gasteiger charge is -2.41. The first kappa shape index (κ1) is 24.1. The molecule has 7 heteroatoms. The summed E-state index contributed by atoms with van der Waals surface area (Å²) in [4.78, 5) is 0. The molecule has 3 aromatic carbocycles. The normalized spacial score (nSPS) is 16.8. The molecular weight excluding hydrogens is 449 g/mol. The van der Waals surface area contributed by atoms with Gasteiger partial charge in [-0.15, -0.1) is 0 Å². The molecule has 3 unspecified atom stereocenters. The average molecular weight is 483 g/mol. The highest BCUT2D eigenvalue weighted by molar-refractivity contribution is 6.98. The van der Waals surface area contributed by atoms with Crippen molar-refractivity contribution in [3.8, 4) is 0 Å². The van der Waals surface area contributed by atoms with Crippen molar-refractivity contribution >= 4 is 50.0 Å². The Labute approximate surface area is 192 Å². The lowest BCUT2D eigenvalue weighted by molar-refractivity contribution is 0.349. The summed E-state index contributed by atoms with van der Waals surface area (Å²) in [5.74, 6) is 0. The van der Waals surface area contributed by atoms with Crippen LogP contribution in [0.4, 0.5) is 0 Å². The number of benzene rings is 3. The van der Waals surface area contributed by atoms with Crippen molar-refractivity contribution < 1.29 is 12.3 Å². The van der Waals surface area contributed by atoms with Crippen LogP contribution in [0.1, 0.15) is 0 Å². The summed E-state index contributed by atoms with van der Waals surface area (Å²) in [7, 11) is -9.04. The van der Waals surface area contributed by atoms with Crippen molar-refractivity contribution in [2.45, 2.75) is 39.3 Å². The van der Waals surface area contributed by atoms with Gasteiger partial charge in [-0.25, -0.2) is 0 Å². The van der Waals surface area contributed by atoms with E-state index in [0.717, 1.165) is 10.4 Å². The second-order valence-electron chi connectivity index (χ2n) is 9.11. The molecule has 0 radical (unpaired) electrons. The molecule has 0 saturated heterocycles. The van der Waals surface area contributed by atoms with E-state index in [-0.39, 0.29) is 0 Å². The van der Waals surface area contributed by atoms with Gasteiger partial charge in [-0.3, -0.25) is 0 Å². The Morgan fingerprint density at radius 1 is 0.548 bits per heavy atom. The molecule has 0 amide bonds. The molecule has 0 bridgehead atoms. The summed E-state index contributed by atoms with van der Waals surface area (Å²) < 4.78 is 21.0. The fraction of sp³-hybridized carbons (Fsp3) is 0.250. The Morgan fingerprint density at radius 2 is 0.968 bits per heavy atom.